The predicted molar refractivity (Wildman–Crippen MR) is 247 cm³/mol. The van der Waals surface area contributed by atoms with Crippen LogP contribution in [0.4, 0.5) is 0 Å². The van der Waals surface area contributed by atoms with Gasteiger partial charge in [-0.3, -0.25) is 24.1 Å². The van der Waals surface area contributed by atoms with Gasteiger partial charge in [0, 0.05) is 66.5 Å². The molecule has 392 valence electrons. The van der Waals surface area contributed by atoms with Gasteiger partial charge in [0.2, 0.25) is 0 Å². The second kappa shape index (κ2) is 28.7. The number of rotatable bonds is 18. The van der Waals surface area contributed by atoms with Crippen LogP contribution in [0.1, 0.15) is 102 Å². The van der Waals surface area contributed by atoms with E-state index >= 15 is 0 Å². The van der Waals surface area contributed by atoms with Crippen molar-refractivity contribution in [3.8, 4) is 0 Å². The average Bonchev–Trinajstić information content (AvgIpc) is 3.25. The summed E-state index contributed by atoms with van der Waals surface area (Å²) in [4.78, 5) is 52.8. The lowest BCUT2D eigenvalue weighted by Crippen LogP contribution is -2.65. The number of aliphatic hydroxyl groups is 2. The van der Waals surface area contributed by atoms with E-state index < -0.39 is 146 Å². The number of carbonyl (C=O) groups excluding carboxylic acids is 4. The van der Waals surface area contributed by atoms with Crippen LogP contribution in [-0.4, -0.2) is 179 Å². The fourth-order valence-corrected chi connectivity index (χ4v) is 9.51. The number of allylic oxidation sites excluding steroid dienone is 2. The molecular weight excluding hydrogens is 891 g/mol. The highest BCUT2D eigenvalue weighted by Crippen LogP contribution is 2.38. The van der Waals surface area contributed by atoms with Crippen molar-refractivity contribution >= 4 is 23.9 Å². The molecule has 3 heterocycles. The van der Waals surface area contributed by atoms with E-state index in [-0.39, 0.29) is 13.0 Å². The maximum Gasteiger partial charge on any atom is 0.308 e. The van der Waals surface area contributed by atoms with Gasteiger partial charge in [-0.05, 0) is 73.4 Å². The first-order valence-electron chi connectivity index (χ1n) is 24.1. The van der Waals surface area contributed by atoms with E-state index in [4.69, 9.17) is 56.8 Å². The summed E-state index contributed by atoms with van der Waals surface area (Å²) in [6.45, 7) is 19.1. The molecule has 1 unspecified atom stereocenters. The van der Waals surface area contributed by atoms with Crippen molar-refractivity contribution in [1.82, 2.24) is 4.90 Å². The molecule has 0 aliphatic carbocycles. The number of nitrogens with zero attached hydrogens (tertiary/aromatic N) is 1. The number of hydrogen-bond acceptors (Lipinski definition) is 19. The molecule has 2 fully saturated rings. The average molecular weight is 974 g/mol. The number of esters is 4. The Bertz CT molecular complexity index is 1620. The normalized spacial score (nSPS) is 38.0. The van der Waals surface area contributed by atoms with Crippen LogP contribution in [0.25, 0.3) is 0 Å². The first-order valence-corrected chi connectivity index (χ1v) is 24.1. The molecule has 0 spiro atoms. The van der Waals surface area contributed by atoms with Gasteiger partial charge in [-0.15, -0.1) is 0 Å². The van der Waals surface area contributed by atoms with E-state index in [1.165, 1.54) is 35.0 Å². The van der Waals surface area contributed by atoms with Gasteiger partial charge in [0.25, 0.3) is 0 Å². The number of aliphatic hydroxyl groups excluding tert-OH is 2. The predicted octanol–water partition coefficient (Wildman–Crippen LogP) is 4.27. The number of likely N-dealkylation sites (N-methyl/N-ethyl adjacent to an activating group) is 1. The van der Waals surface area contributed by atoms with E-state index in [0.717, 1.165) is 5.57 Å². The minimum Gasteiger partial charge on any atom is -0.462 e. The smallest absolute Gasteiger partial charge is 0.308 e. The van der Waals surface area contributed by atoms with Crippen molar-refractivity contribution in [3.05, 3.63) is 23.8 Å². The third-order valence-electron chi connectivity index (χ3n) is 12.9. The number of cyclic esters (lactones) is 1. The number of methoxy groups -OCH3 is 2. The molecule has 3 rings (SSSR count). The molecular formula is C49H83NO18. The molecule has 3 aliphatic rings. The highest BCUT2D eigenvalue weighted by molar-refractivity contribution is 5.70. The summed E-state index contributed by atoms with van der Waals surface area (Å²) in [5.41, 5.74) is 0.749. The van der Waals surface area contributed by atoms with Crippen LogP contribution >= 0.6 is 0 Å². The van der Waals surface area contributed by atoms with Crippen molar-refractivity contribution in [2.45, 2.75) is 194 Å². The molecule has 0 amide bonds. The van der Waals surface area contributed by atoms with Crippen LogP contribution in [0.2, 0.25) is 0 Å². The molecule has 18 atom stereocenters. The summed E-state index contributed by atoms with van der Waals surface area (Å²) in [6.07, 6.45) is -6.55. The van der Waals surface area contributed by atoms with Gasteiger partial charge in [-0.1, -0.05) is 44.6 Å². The monoisotopic (exact) mass is 974 g/mol. The molecule has 0 aromatic rings. The van der Waals surface area contributed by atoms with E-state index in [9.17, 15) is 29.4 Å². The van der Waals surface area contributed by atoms with Gasteiger partial charge >= 0.3 is 23.9 Å². The molecule has 68 heavy (non-hydrogen) atoms. The van der Waals surface area contributed by atoms with Crippen molar-refractivity contribution < 1.29 is 86.2 Å². The summed E-state index contributed by atoms with van der Waals surface area (Å²) in [5.74, 6) is -4.62. The van der Waals surface area contributed by atoms with Gasteiger partial charge in [0.05, 0.1) is 49.6 Å². The molecule has 0 radical (unpaired) electrons. The topological polar surface area (TPSA) is 223 Å². The zero-order valence-corrected chi connectivity index (χ0v) is 43.0. The molecule has 0 aromatic heterocycles. The van der Waals surface area contributed by atoms with Gasteiger partial charge in [0.1, 0.15) is 24.4 Å². The summed E-state index contributed by atoms with van der Waals surface area (Å²) in [5, 5.41) is 23.9. The molecule has 19 nitrogen and oxygen atoms in total. The second-order valence-electron chi connectivity index (χ2n) is 18.5. The third-order valence-corrected chi connectivity index (χ3v) is 12.9. The Morgan fingerprint density at radius 1 is 0.794 bits per heavy atom. The van der Waals surface area contributed by atoms with Crippen molar-refractivity contribution in [2.24, 2.45) is 23.7 Å². The van der Waals surface area contributed by atoms with Crippen LogP contribution in [0, 0.1) is 23.7 Å². The minimum atomic E-state index is -1.34. The molecule has 19 heteroatoms. The zero-order chi connectivity index (χ0) is 51.0. The van der Waals surface area contributed by atoms with E-state index in [2.05, 4.69) is 0 Å². The summed E-state index contributed by atoms with van der Waals surface area (Å²) >= 11 is 0. The summed E-state index contributed by atoms with van der Waals surface area (Å²) in [7, 11) is 6.49. The number of carbonyl (C=O) groups is 4. The lowest BCUT2D eigenvalue weighted by atomic mass is 9.79. The van der Waals surface area contributed by atoms with Crippen LogP contribution in [0.5, 0.6) is 0 Å². The summed E-state index contributed by atoms with van der Waals surface area (Å²) in [6, 6.07) is -0.714. The Labute approximate surface area is 403 Å². The molecule has 0 bridgehead atoms. The Kier molecular flexibility index (Phi) is 25.0. The van der Waals surface area contributed by atoms with Gasteiger partial charge in [-0.25, -0.2) is 0 Å². The van der Waals surface area contributed by atoms with Gasteiger partial charge in [0.15, 0.2) is 31.1 Å². The molecule has 0 saturated carbocycles. The van der Waals surface area contributed by atoms with Gasteiger partial charge in [-0.2, -0.15) is 0 Å². The quantitative estimate of drug-likeness (QED) is 0.111. The largest absolute Gasteiger partial charge is 0.462 e. The molecule has 2 N–H and O–H groups in total. The Balaban J connectivity index is 2.11. The molecule has 0 aromatic carbocycles. The van der Waals surface area contributed by atoms with E-state index in [0.29, 0.717) is 26.1 Å². The fraction of sp³-hybridized carbons (Fsp3) is 0.837. The fourth-order valence-electron chi connectivity index (χ4n) is 9.51. The number of hydrogen-bond donors (Lipinski definition) is 2. The molecule has 3 aliphatic heterocycles. The van der Waals surface area contributed by atoms with E-state index in [1.54, 1.807) is 51.9 Å². The Morgan fingerprint density at radius 3 is 1.90 bits per heavy atom. The van der Waals surface area contributed by atoms with Crippen molar-refractivity contribution in [2.75, 3.05) is 48.1 Å². The lowest BCUT2D eigenvalue weighted by Gasteiger charge is -2.48. The zero-order valence-electron chi connectivity index (χ0n) is 43.0. The minimum absolute atomic E-state index is 0.00518. The maximum atomic E-state index is 14.1. The van der Waals surface area contributed by atoms with E-state index in [1.807, 2.05) is 40.7 Å². The van der Waals surface area contributed by atoms with Crippen LogP contribution in [0.15, 0.2) is 23.8 Å². The maximum absolute atomic E-state index is 14.1. The first kappa shape index (κ1) is 59.2. The van der Waals surface area contributed by atoms with Crippen LogP contribution in [-0.2, 0) is 76.0 Å². The molecule has 2 saturated heterocycles. The highest BCUT2D eigenvalue weighted by atomic mass is 16.7. The third kappa shape index (κ3) is 17.1. The summed E-state index contributed by atoms with van der Waals surface area (Å²) < 4.78 is 73.0. The first-order chi connectivity index (χ1) is 32.1. The SMILES string of the molecule is CCOC(C[C@H]1C[C@@H](C)C(O)/C=C/C(C)=C/[C@H](CO[C@@H]2O[C@H](C)[C@@H](OC(C)=O)[C@@H](OC)[C@H]2OC)[C@@H](CC)OC(=O)C[C@@H](O)[C@H](C)[C@H]1O[C@@H]1O[C@H](C)[C@@H](OC(C)=O)[C@H](N(C)C)[C@H]1OC(C)=O)OCC. The highest BCUT2D eigenvalue weighted by Gasteiger charge is 2.52. The van der Waals surface area contributed by atoms with Gasteiger partial charge < -0.3 is 67.1 Å². The second-order valence-corrected chi connectivity index (χ2v) is 18.5. The standard InChI is InChI=1S/C49H83NO18/c1-16-38-35(25-61-48-47(58-15)46(57-14)44(30(8)62-48)65-32(10)52)21-26(4)19-20-36(54)27(5)22-34(23-40(59-17-2)60-18-3)42(28(6)37(55)24-39(56)67-38)68-49-45(66-33(11)53)41(50(12)13)43(29(7)63-49)64-31(9)51/h19-21,27-30,34-38,40-49,54-55H,16-18,22-25H2,1-15H3/b20-19+,26-21+/t27-,28+,29-,30-,34-,35-,36?,37-,38-,41+,42-,43-,44-,45-,46-,47-,48-,49+/m1/s1. The number of ether oxygens (including phenoxy) is 12. The Morgan fingerprint density at radius 2 is 1.35 bits per heavy atom. The van der Waals surface area contributed by atoms with Crippen LogP contribution in [0.3, 0.4) is 0 Å². The lowest BCUT2D eigenvalue weighted by molar-refractivity contribution is -0.310. The Hall–Kier alpha value is -3.08. The van der Waals surface area contributed by atoms with Crippen LogP contribution < -0.4 is 0 Å². The van der Waals surface area contributed by atoms with Crippen molar-refractivity contribution in [3.63, 3.8) is 0 Å². The van der Waals surface area contributed by atoms with Crippen molar-refractivity contribution in [1.29, 1.82) is 0 Å².